The zero-order valence-corrected chi connectivity index (χ0v) is 15.9. The number of carbonyl (C=O) groups is 1. The molecule has 0 aliphatic rings. The lowest BCUT2D eigenvalue weighted by atomic mass is 9.96. The Bertz CT molecular complexity index is 1190. The number of benzene rings is 3. The summed E-state index contributed by atoms with van der Waals surface area (Å²) in [5, 5.41) is 8.32. The van der Waals surface area contributed by atoms with Crippen LogP contribution >= 0.6 is 0 Å². The number of alkyl halides is 3. The number of rotatable bonds is 4. The van der Waals surface area contributed by atoms with Gasteiger partial charge in [-0.3, -0.25) is 4.79 Å². The maximum absolute atomic E-state index is 13.0. The number of hydrogen-bond donors (Lipinski definition) is 0. The van der Waals surface area contributed by atoms with Crippen LogP contribution in [-0.2, 0) is 6.18 Å². The van der Waals surface area contributed by atoms with Crippen molar-refractivity contribution in [3.8, 4) is 16.9 Å². The number of halogens is 3. The highest BCUT2D eigenvalue weighted by Gasteiger charge is 2.30. The van der Waals surface area contributed by atoms with Gasteiger partial charge >= 0.3 is 6.18 Å². The lowest BCUT2D eigenvalue weighted by Gasteiger charge is -2.09. The van der Waals surface area contributed by atoms with Crippen LogP contribution in [0.4, 0.5) is 13.2 Å². The van der Waals surface area contributed by atoms with E-state index in [0.29, 0.717) is 16.8 Å². The van der Waals surface area contributed by atoms with Crippen molar-refractivity contribution >= 4 is 5.78 Å². The Hall–Kier alpha value is -3.74. The Labute approximate surface area is 170 Å². The highest BCUT2D eigenvalue weighted by molar-refractivity contribution is 6.12. The van der Waals surface area contributed by atoms with Crippen LogP contribution in [0.5, 0.6) is 0 Å². The van der Waals surface area contributed by atoms with Gasteiger partial charge in [-0.15, -0.1) is 5.10 Å². The molecule has 0 saturated carbocycles. The molecule has 0 bridgehead atoms. The normalized spacial score (nSPS) is 11.5. The third-order valence-electron chi connectivity index (χ3n) is 4.71. The summed E-state index contributed by atoms with van der Waals surface area (Å²) in [5.74, 6) is -0.385. The van der Waals surface area contributed by atoms with Gasteiger partial charge in [0, 0.05) is 16.7 Å². The molecular weight excluding hydrogens is 391 g/mol. The second kappa shape index (κ2) is 7.59. The van der Waals surface area contributed by atoms with E-state index in [9.17, 15) is 18.0 Å². The molecule has 4 rings (SSSR count). The number of hydrogen-bond acceptors (Lipinski definition) is 3. The molecule has 0 fully saturated rings. The molecule has 0 saturated heterocycles. The van der Waals surface area contributed by atoms with E-state index < -0.39 is 11.7 Å². The highest BCUT2D eigenvalue weighted by atomic mass is 19.4. The molecule has 0 aliphatic carbocycles. The monoisotopic (exact) mass is 407 g/mol. The van der Waals surface area contributed by atoms with Crippen molar-refractivity contribution in [2.24, 2.45) is 0 Å². The summed E-state index contributed by atoms with van der Waals surface area (Å²) in [6.07, 6.45) is -2.74. The average Bonchev–Trinajstić information content (AvgIpc) is 3.23. The number of aromatic nitrogens is 3. The molecular formula is C23H16F3N3O. The maximum Gasteiger partial charge on any atom is 0.416 e. The van der Waals surface area contributed by atoms with Crippen LogP contribution in [0.25, 0.3) is 16.9 Å². The first-order valence-corrected chi connectivity index (χ1v) is 9.14. The van der Waals surface area contributed by atoms with E-state index in [1.807, 2.05) is 31.2 Å². The first kappa shape index (κ1) is 19.6. The molecule has 0 atom stereocenters. The molecule has 0 unspecified atom stereocenters. The summed E-state index contributed by atoms with van der Waals surface area (Å²) in [6, 6.07) is 18.7. The fourth-order valence-corrected chi connectivity index (χ4v) is 3.08. The molecule has 0 N–H and O–H groups in total. The lowest BCUT2D eigenvalue weighted by Crippen LogP contribution is -2.07. The van der Waals surface area contributed by atoms with Crippen LogP contribution in [0.15, 0.2) is 79.0 Å². The van der Waals surface area contributed by atoms with Crippen molar-refractivity contribution in [2.45, 2.75) is 13.1 Å². The minimum atomic E-state index is -4.45. The average molecular weight is 407 g/mol. The van der Waals surface area contributed by atoms with Crippen LogP contribution in [0, 0.1) is 6.92 Å². The molecule has 30 heavy (non-hydrogen) atoms. The van der Waals surface area contributed by atoms with Crippen LogP contribution < -0.4 is 0 Å². The Balaban J connectivity index is 1.68. The highest BCUT2D eigenvalue weighted by Crippen LogP contribution is 2.30. The maximum atomic E-state index is 13.0. The second-order valence-electron chi connectivity index (χ2n) is 6.83. The van der Waals surface area contributed by atoms with Crippen molar-refractivity contribution in [3.05, 3.63) is 101 Å². The molecule has 1 aromatic heterocycles. The number of aryl methyl sites for hydroxylation is 1. The van der Waals surface area contributed by atoms with Gasteiger partial charge in [-0.1, -0.05) is 59.3 Å². The molecule has 7 heteroatoms. The zero-order valence-electron chi connectivity index (χ0n) is 15.9. The summed E-state index contributed by atoms with van der Waals surface area (Å²) >= 11 is 0. The van der Waals surface area contributed by atoms with Crippen LogP contribution in [0.2, 0.25) is 0 Å². The smallest absolute Gasteiger partial charge is 0.289 e. The van der Waals surface area contributed by atoms with Gasteiger partial charge in [0.1, 0.15) is 5.69 Å². The summed E-state index contributed by atoms with van der Waals surface area (Å²) < 4.78 is 40.0. The van der Waals surface area contributed by atoms with E-state index in [2.05, 4.69) is 10.3 Å². The SMILES string of the molecule is Cc1ccc(-n2cc(-c3ccccc3C(=O)c3ccc(C(F)(F)F)cc3)nn2)cc1. The van der Waals surface area contributed by atoms with Crippen molar-refractivity contribution in [3.63, 3.8) is 0 Å². The number of nitrogens with zero attached hydrogens (tertiary/aromatic N) is 3. The summed E-state index contributed by atoms with van der Waals surface area (Å²) in [5.41, 5.74) is 2.70. The van der Waals surface area contributed by atoms with Gasteiger partial charge in [0.15, 0.2) is 5.78 Å². The van der Waals surface area contributed by atoms with Gasteiger partial charge < -0.3 is 0 Å². The molecule has 150 valence electrons. The Morgan fingerprint density at radius 2 is 1.57 bits per heavy atom. The predicted molar refractivity (Wildman–Crippen MR) is 106 cm³/mol. The van der Waals surface area contributed by atoms with Gasteiger partial charge in [-0.05, 0) is 31.2 Å². The largest absolute Gasteiger partial charge is 0.416 e. The fraction of sp³-hybridized carbons (Fsp3) is 0.0870. The minimum Gasteiger partial charge on any atom is -0.289 e. The third-order valence-corrected chi connectivity index (χ3v) is 4.71. The molecule has 0 amide bonds. The first-order chi connectivity index (χ1) is 14.3. The van der Waals surface area contributed by atoms with Crippen LogP contribution in [0.1, 0.15) is 27.0 Å². The quantitative estimate of drug-likeness (QED) is 0.420. The van der Waals surface area contributed by atoms with E-state index >= 15 is 0 Å². The Kier molecular flexibility index (Phi) is 4.95. The molecule has 0 spiro atoms. The number of carbonyl (C=O) groups excluding carboxylic acids is 1. The number of ketones is 1. The second-order valence-corrected chi connectivity index (χ2v) is 6.83. The molecule has 4 aromatic rings. The standard InChI is InChI=1S/C23H16F3N3O/c1-15-6-12-18(13-7-15)29-14-21(27-28-29)19-4-2-3-5-20(19)22(30)16-8-10-17(11-9-16)23(24,25)26/h2-14H,1H3. The van der Waals surface area contributed by atoms with Crippen LogP contribution in [0.3, 0.4) is 0 Å². The molecule has 3 aromatic carbocycles. The Morgan fingerprint density at radius 1 is 0.900 bits per heavy atom. The van der Waals surface area contributed by atoms with Crippen molar-refractivity contribution in [2.75, 3.05) is 0 Å². The van der Waals surface area contributed by atoms with Gasteiger partial charge in [0.25, 0.3) is 0 Å². The zero-order chi connectivity index (χ0) is 21.3. The third kappa shape index (κ3) is 3.87. The van der Waals surface area contributed by atoms with E-state index in [-0.39, 0.29) is 11.3 Å². The first-order valence-electron chi connectivity index (χ1n) is 9.14. The Morgan fingerprint density at radius 3 is 2.23 bits per heavy atom. The summed E-state index contributed by atoms with van der Waals surface area (Å²) in [6.45, 7) is 1.99. The van der Waals surface area contributed by atoms with Crippen molar-refractivity contribution < 1.29 is 18.0 Å². The van der Waals surface area contributed by atoms with Crippen molar-refractivity contribution in [1.82, 2.24) is 15.0 Å². The lowest BCUT2D eigenvalue weighted by molar-refractivity contribution is -0.137. The van der Waals surface area contributed by atoms with Gasteiger partial charge in [0.2, 0.25) is 0 Å². The van der Waals surface area contributed by atoms with Crippen LogP contribution in [-0.4, -0.2) is 20.8 Å². The molecule has 0 radical (unpaired) electrons. The fourth-order valence-electron chi connectivity index (χ4n) is 3.08. The van der Waals surface area contributed by atoms with Gasteiger partial charge in [-0.25, -0.2) is 4.68 Å². The van der Waals surface area contributed by atoms with Crippen molar-refractivity contribution in [1.29, 1.82) is 0 Å². The van der Waals surface area contributed by atoms with Gasteiger partial charge in [-0.2, -0.15) is 13.2 Å². The van der Waals surface area contributed by atoms with E-state index in [4.69, 9.17) is 0 Å². The summed E-state index contributed by atoms with van der Waals surface area (Å²) in [4.78, 5) is 13.0. The topological polar surface area (TPSA) is 47.8 Å². The van der Waals surface area contributed by atoms with E-state index in [1.54, 1.807) is 35.1 Å². The van der Waals surface area contributed by atoms with E-state index in [1.165, 1.54) is 12.1 Å². The van der Waals surface area contributed by atoms with E-state index in [0.717, 1.165) is 23.4 Å². The minimum absolute atomic E-state index is 0.168. The molecule has 4 nitrogen and oxygen atoms in total. The summed E-state index contributed by atoms with van der Waals surface area (Å²) in [7, 11) is 0. The molecule has 0 aliphatic heterocycles. The molecule has 1 heterocycles. The predicted octanol–water partition coefficient (Wildman–Crippen LogP) is 5.49. The van der Waals surface area contributed by atoms with Gasteiger partial charge in [0.05, 0.1) is 17.4 Å².